The minimum Gasteiger partial charge on any atom is -0.377 e. The van der Waals surface area contributed by atoms with E-state index < -0.39 is 6.04 Å². The van der Waals surface area contributed by atoms with Crippen LogP contribution in [0.2, 0.25) is 0 Å². The molecule has 0 aromatic heterocycles. The number of urea groups is 1. The van der Waals surface area contributed by atoms with Crippen LogP contribution >= 0.6 is 11.8 Å². The SMILES string of the molecule is C[C@@H](CCCCNC(=O)[C@H](CCCCNC(=O)CCCC(=O)NCCOCCOCC(=O)NCCOCCOCC(=O)NCCCCCC(N)=O)NC(=O)CCCC[C@H]1CNC(=O)NCCS1)C(N)=O. The van der Waals surface area contributed by atoms with Crippen LogP contribution in [0.1, 0.15) is 116 Å². The quantitative estimate of drug-likeness (QED) is 0.0353. The second-order valence-corrected chi connectivity index (χ2v) is 18.3. The number of nitrogens with one attached hydrogen (secondary N) is 8. The van der Waals surface area contributed by atoms with Gasteiger partial charge in [-0.05, 0) is 64.2 Å². The molecule has 0 saturated carbocycles. The summed E-state index contributed by atoms with van der Waals surface area (Å²) in [7, 11) is 0. The Morgan fingerprint density at radius 2 is 1.10 bits per heavy atom. The van der Waals surface area contributed by atoms with Crippen LogP contribution < -0.4 is 54.0 Å². The van der Waals surface area contributed by atoms with Gasteiger partial charge in [-0.1, -0.05) is 26.2 Å². The van der Waals surface area contributed by atoms with Crippen LogP contribution in [0, 0.1) is 5.92 Å². The molecule has 0 aromatic carbocycles. The molecule has 0 aromatic rings. The molecule has 1 saturated heterocycles. The molecule has 24 heteroatoms. The lowest BCUT2D eigenvalue weighted by Crippen LogP contribution is -2.47. The lowest BCUT2D eigenvalue weighted by Gasteiger charge is -2.21. The van der Waals surface area contributed by atoms with E-state index in [0.717, 1.165) is 37.9 Å². The number of hydrogen-bond donors (Lipinski definition) is 10. The van der Waals surface area contributed by atoms with Gasteiger partial charge in [0, 0.05) is 88.4 Å². The van der Waals surface area contributed by atoms with Gasteiger partial charge in [0.15, 0.2) is 0 Å². The van der Waals surface area contributed by atoms with Gasteiger partial charge >= 0.3 is 6.03 Å². The minimum atomic E-state index is -0.732. The molecular weight excluding hydrogens is 933 g/mol. The molecule has 0 spiro atoms. The molecule has 0 radical (unpaired) electrons. The number of thioether (sulfide) groups is 1. The van der Waals surface area contributed by atoms with E-state index in [0.29, 0.717) is 90.5 Å². The van der Waals surface area contributed by atoms with E-state index in [1.165, 1.54) is 0 Å². The van der Waals surface area contributed by atoms with Crippen LogP contribution in [0.15, 0.2) is 0 Å². The van der Waals surface area contributed by atoms with Crippen LogP contribution in [0.25, 0.3) is 0 Å². The standard InChI is InChI=1S/C46H84N10O13S/c1-35(44(48)63)12-6-9-21-53-45(64)37(56-41(60)16-5-4-13-36-32-55-46(65)54-24-31-70-36)14-7-10-20-49-39(58)17-11-18-40(59)51-22-25-66-27-30-69-34-43(62)52-23-26-67-28-29-68-33-42(61)50-19-8-2-3-15-38(47)57/h35-37H,2-34H2,1H3,(H2,47,57)(H2,48,63)(H,49,58)(H,50,61)(H,51,59)(H,52,62)(H,53,64)(H,56,60)(H2,54,55,65)/t35-,36-,37-/m0/s1. The van der Waals surface area contributed by atoms with Gasteiger partial charge in [0.1, 0.15) is 19.3 Å². The zero-order valence-electron chi connectivity index (χ0n) is 41.4. The lowest BCUT2D eigenvalue weighted by atomic mass is 10.0. The van der Waals surface area contributed by atoms with Crippen molar-refractivity contribution in [1.29, 1.82) is 0 Å². The number of carbonyl (C=O) groups is 9. The molecule has 23 nitrogen and oxygen atoms in total. The van der Waals surface area contributed by atoms with E-state index in [1.807, 2.05) is 0 Å². The predicted octanol–water partition coefficient (Wildman–Crippen LogP) is -0.228. The molecule has 402 valence electrons. The molecule has 1 rings (SSSR count). The van der Waals surface area contributed by atoms with E-state index in [4.69, 9.17) is 30.4 Å². The molecule has 1 aliphatic rings. The van der Waals surface area contributed by atoms with E-state index in [2.05, 4.69) is 42.5 Å². The van der Waals surface area contributed by atoms with Gasteiger partial charge in [-0.3, -0.25) is 38.4 Å². The van der Waals surface area contributed by atoms with Crippen molar-refractivity contribution in [2.75, 3.05) is 104 Å². The van der Waals surface area contributed by atoms with Crippen molar-refractivity contribution in [1.82, 2.24) is 42.5 Å². The topological polar surface area (TPSA) is 339 Å². The summed E-state index contributed by atoms with van der Waals surface area (Å²) in [5, 5.41) is 22.7. The van der Waals surface area contributed by atoms with Crippen molar-refractivity contribution in [3.8, 4) is 0 Å². The Bertz CT molecular complexity index is 1530. The van der Waals surface area contributed by atoms with Crippen molar-refractivity contribution in [2.24, 2.45) is 17.4 Å². The summed E-state index contributed by atoms with van der Waals surface area (Å²) in [4.78, 5) is 108. The first-order valence-corrected chi connectivity index (χ1v) is 26.0. The van der Waals surface area contributed by atoms with Crippen LogP contribution in [0.4, 0.5) is 4.79 Å². The third-order valence-corrected chi connectivity index (χ3v) is 12.0. The molecule has 0 aliphatic carbocycles. The van der Waals surface area contributed by atoms with Crippen LogP contribution in [0.3, 0.4) is 0 Å². The first-order chi connectivity index (χ1) is 33.8. The number of rotatable bonds is 44. The summed E-state index contributed by atoms with van der Waals surface area (Å²) in [6.07, 6.45) is 9.49. The summed E-state index contributed by atoms with van der Waals surface area (Å²) in [6.45, 7) is 5.99. The Balaban J connectivity index is 2.12. The molecule has 12 N–H and O–H groups in total. The highest BCUT2D eigenvalue weighted by atomic mass is 32.2. The fraction of sp³-hybridized carbons (Fsp3) is 0.804. The maximum absolute atomic E-state index is 13.1. The highest BCUT2D eigenvalue weighted by molar-refractivity contribution is 7.99. The third kappa shape index (κ3) is 39.0. The van der Waals surface area contributed by atoms with E-state index in [9.17, 15) is 43.2 Å². The predicted molar refractivity (Wildman–Crippen MR) is 264 cm³/mol. The number of carbonyl (C=O) groups excluding carboxylic acids is 9. The molecule has 10 amide bonds. The normalized spacial score (nSPS) is 14.4. The Hall–Kier alpha value is -4.78. The largest absolute Gasteiger partial charge is 0.377 e. The number of unbranched alkanes of at least 4 members (excludes halogenated alkanes) is 5. The number of nitrogens with two attached hydrogens (primary N) is 2. The second kappa shape index (κ2) is 43.0. The van der Waals surface area contributed by atoms with Crippen molar-refractivity contribution in [3.63, 3.8) is 0 Å². The number of ether oxygens (including phenoxy) is 4. The zero-order valence-corrected chi connectivity index (χ0v) is 42.3. The molecule has 3 atom stereocenters. The zero-order chi connectivity index (χ0) is 51.5. The fourth-order valence-electron chi connectivity index (χ4n) is 6.66. The number of amides is 10. The summed E-state index contributed by atoms with van der Waals surface area (Å²) >= 11 is 1.79. The first-order valence-electron chi connectivity index (χ1n) is 24.9. The lowest BCUT2D eigenvalue weighted by molar-refractivity contribution is -0.129. The van der Waals surface area contributed by atoms with Crippen molar-refractivity contribution >= 4 is 65.1 Å². The van der Waals surface area contributed by atoms with Crippen LogP contribution in [-0.2, 0) is 57.3 Å². The molecular formula is C46H84N10O13S. The Kier molecular flexibility index (Phi) is 38.9. The summed E-state index contributed by atoms with van der Waals surface area (Å²) < 4.78 is 21.4. The number of hydrogen-bond acceptors (Lipinski definition) is 14. The summed E-state index contributed by atoms with van der Waals surface area (Å²) in [5.41, 5.74) is 10.4. The highest BCUT2D eigenvalue weighted by Gasteiger charge is 2.21. The average Bonchev–Trinajstić information content (AvgIpc) is 3.31. The smallest absolute Gasteiger partial charge is 0.314 e. The summed E-state index contributed by atoms with van der Waals surface area (Å²) in [6, 6.07) is -0.895. The fourth-order valence-corrected chi connectivity index (χ4v) is 7.75. The van der Waals surface area contributed by atoms with Gasteiger partial charge in [0.2, 0.25) is 47.3 Å². The molecule has 0 bridgehead atoms. The van der Waals surface area contributed by atoms with Crippen molar-refractivity contribution < 1.29 is 62.1 Å². The summed E-state index contributed by atoms with van der Waals surface area (Å²) in [5.74, 6) is -1.52. The number of primary amides is 2. The van der Waals surface area contributed by atoms with Gasteiger partial charge in [-0.2, -0.15) is 11.8 Å². The maximum Gasteiger partial charge on any atom is 0.314 e. The first kappa shape index (κ1) is 63.2. The monoisotopic (exact) mass is 1020 g/mol. The van der Waals surface area contributed by atoms with Gasteiger partial charge in [-0.15, -0.1) is 0 Å². The third-order valence-electron chi connectivity index (χ3n) is 10.7. The van der Waals surface area contributed by atoms with E-state index in [1.54, 1.807) is 18.7 Å². The molecule has 1 fully saturated rings. The molecule has 70 heavy (non-hydrogen) atoms. The average molecular weight is 1020 g/mol. The molecule has 0 unspecified atom stereocenters. The second-order valence-electron chi connectivity index (χ2n) is 16.9. The Morgan fingerprint density at radius 3 is 1.73 bits per heavy atom. The van der Waals surface area contributed by atoms with Gasteiger partial charge in [-0.25, -0.2) is 4.79 Å². The molecule has 1 aliphatic heterocycles. The highest BCUT2D eigenvalue weighted by Crippen LogP contribution is 2.18. The van der Waals surface area contributed by atoms with Crippen LogP contribution in [0.5, 0.6) is 0 Å². The van der Waals surface area contributed by atoms with Crippen molar-refractivity contribution in [3.05, 3.63) is 0 Å². The van der Waals surface area contributed by atoms with E-state index in [-0.39, 0.29) is 150 Å². The maximum atomic E-state index is 13.1. The van der Waals surface area contributed by atoms with Gasteiger partial charge in [0.05, 0.1) is 39.6 Å². The van der Waals surface area contributed by atoms with Crippen molar-refractivity contribution in [2.45, 2.75) is 127 Å². The van der Waals surface area contributed by atoms with Gasteiger partial charge in [0.25, 0.3) is 0 Å². The Labute approximate surface area is 417 Å². The van der Waals surface area contributed by atoms with Crippen LogP contribution in [-0.4, -0.2) is 169 Å². The minimum absolute atomic E-state index is 0.0830. The van der Waals surface area contributed by atoms with Gasteiger partial charge < -0.3 is 72.9 Å². The molecule has 1 heterocycles. The van der Waals surface area contributed by atoms with E-state index >= 15 is 0 Å². The Morgan fingerprint density at radius 1 is 0.571 bits per heavy atom.